The van der Waals surface area contributed by atoms with E-state index < -0.39 is 0 Å². The Labute approximate surface area is 185 Å². The first-order chi connectivity index (χ1) is 14.3. The molecule has 0 radical (unpaired) electrons. The zero-order chi connectivity index (χ0) is 21.8. The fraction of sp³-hybridized carbons (Fsp3) is 0.381. The van der Waals surface area contributed by atoms with Gasteiger partial charge in [-0.05, 0) is 63.4 Å². The van der Waals surface area contributed by atoms with Gasteiger partial charge in [0.1, 0.15) is 11.4 Å². The predicted octanol–water partition coefficient (Wildman–Crippen LogP) is 4.48. The van der Waals surface area contributed by atoms with Crippen LogP contribution in [0.3, 0.4) is 0 Å². The summed E-state index contributed by atoms with van der Waals surface area (Å²) < 4.78 is 9.19. The van der Waals surface area contributed by atoms with E-state index in [9.17, 15) is 4.79 Å². The van der Waals surface area contributed by atoms with Crippen LogP contribution in [-0.4, -0.2) is 32.0 Å². The van der Waals surface area contributed by atoms with Crippen molar-refractivity contribution in [1.82, 2.24) is 24.9 Å². The molecule has 0 aliphatic rings. The number of amides is 1. The molecular weight excluding hydrogens is 425 g/mol. The Morgan fingerprint density at radius 1 is 1.10 bits per heavy atom. The third-order valence-corrected chi connectivity index (χ3v) is 5.92. The molecule has 0 atom stereocenters. The Morgan fingerprint density at radius 3 is 2.43 bits per heavy atom. The summed E-state index contributed by atoms with van der Waals surface area (Å²) in [7, 11) is 0. The standard InChI is InChI=1S/C21H25Cl2N5O2/c1-13-10-17(11-14(2)19(13)22)30-12-27-9-6-18(26-27)21(29)24-7-5-8-28-16(4)20(23)15(3)25-28/h6,9-11H,5,7-8,12H2,1-4H3,(H,24,29). The third kappa shape index (κ3) is 5.15. The molecule has 0 saturated heterocycles. The largest absolute Gasteiger partial charge is 0.471 e. The molecule has 0 unspecified atom stereocenters. The monoisotopic (exact) mass is 449 g/mol. The van der Waals surface area contributed by atoms with Crippen LogP contribution in [0.5, 0.6) is 5.75 Å². The molecule has 0 bridgehead atoms. The number of aromatic nitrogens is 4. The lowest BCUT2D eigenvalue weighted by Gasteiger charge is -2.10. The van der Waals surface area contributed by atoms with Crippen molar-refractivity contribution in [3.63, 3.8) is 0 Å². The van der Waals surface area contributed by atoms with E-state index in [-0.39, 0.29) is 12.6 Å². The predicted molar refractivity (Wildman–Crippen MR) is 117 cm³/mol. The van der Waals surface area contributed by atoms with E-state index in [1.807, 2.05) is 44.5 Å². The third-order valence-electron chi connectivity index (χ3n) is 4.77. The zero-order valence-electron chi connectivity index (χ0n) is 17.5. The van der Waals surface area contributed by atoms with E-state index in [4.69, 9.17) is 27.9 Å². The molecule has 3 rings (SSSR count). The number of benzene rings is 1. The maximum Gasteiger partial charge on any atom is 0.271 e. The SMILES string of the molecule is Cc1cc(OCn2ccc(C(=O)NCCCn3nc(C)c(Cl)c3C)n2)cc(C)c1Cl. The Balaban J connectivity index is 1.47. The molecule has 7 nitrogen and oxygen atoms in total. The smallest absolute Gasteiger partial charge is 0.271 e. The second-order valence-corrected chi connectivity index (χ2v) is 7.96. The molecule has 160 valence electrons. The normalized spacial score (nSPS) is 11.0. The molecule has 2 heterocycles. The van der Waals surface area contributed by atoms with E-state index in [0.717, 1.165) is 34.0 Å². The molecule has 1 N–H and O–H groups in total. The van der Waals surface area contributed by atoms with Crippen molar-refractivity contribution in [2.45, 2.75) is 47.4 Å². The van der Waals surface area contributed by atoms with Crippen molar-refractivity contribution in [1.29, 1.82) is 0 Å². The maximum atomic E-state index is 12.3. The number of rotatable bonds is 8. The number of aryl methyl sites for hydroxylation is 4. The van der Waals surface area contributed by atoms with Gasteiger partial charge in [0.2, 0.25) is 0 Å². The van der Waals surface area contributed by atoms with Crippen molar-refractivity contribution in [2.75, 3.05) is 6.54 Å². The highest BCUT2D eigenvalue weighted by Crippen LogP contribution is 2.26. The first kappa shape index (κ1) is 22.2. The molecule has 30 heavy (non-hydrogen) atoms. The van der Waals surface area contributed by atoms with Crippen LogP contribution in [-0.2, 0) is 13.3 Å². The minimum Gasteiger partial charge on any atom is -0.471 e. The molecule has 0 fully saturated rings. The summed E-state index contributed by atoms with van der Waals surface area (Å²) in [6.45, 7) is 9.07. The fourth-order valence-corrected chi connectivity index (χ4v) is 3.34. The van der Waals surface area contributed by atoms with Crippen LogP contribution < -0.4 is 10.1 Å². The van der Waals surface area contributed by atoms with E-state index >= 15 is 0 Å². The highest BCUT2D eigenvalue weighted by Gasteiger charge is 2.11. The topological polar surface area (TPSA) is 74.0 Å². The number of halogens is 2. The number of carbonyl (C=O) groups is 1. The first-order valence-electron chi connectivity index (χ1n) is 9.67. The molecule has 0 aliphatic heterocycles. The second kappa shape index (κ2) is 9.53. The molecule has 3 aromatic rings. The Morgan fingerprint density at radius 2 is 1.80 bits per heavy atom. The first-order valence-corrected chi connectivity index (χ1v) is 10.4. The molecule has 0 spiro atoms. The minimum absolute atomic E-state index is 0.201. The van der Waals surface area contributed by atoms with Gasteiger partial charge in [-0.3, -0.25) is 9.48 Å². The summed E-state index contributed by atoms with van der Waals surface area (Å²) in [6.07, 6.45) is 2.45. The summed E-state index contributed by atoms with van der Waals surface area (Å²) in [6, 6.07) is 5.42. The minimum atomic E-state index is -0.224. The maximum absolute atomic E-state index is 12.3. The Kier molecular flexibility index (Phi) is 7.05. The Bertz CT molecular complexity index is 1030. The average molecular weight is 450 g/mol. The van der Waals surface area contributed by atoms with Crippen molar-refractivity contribution < 1.29 is 9.53 Å². The van der Waals surface area contributed by atoms with Crippen molar-refractivity contribution >= 4 is 29.1 Å². The summed E-state index contributed by atoms with van der Waals surface area (Å²) in [5, 5.41) is 13.0. The quantitative estimate of drug-likeness (QED) is 0.514. The fourth-order valence-electron chi connectivity index (χ4n) is 3.10. The molecular formula is C21H25Cl2N5O2. The van der Waals surface area contributed by atoms with Gasteiger partial charge in [0.25, 0.3) is 5.91 Å². The van der Waals surface area contributed by atoms with Crippen LogP contribution in [0, 0.1) is 27.7 Å². The highest BCUT2D eigenvalue weighted by atomic mass is 35.5. The molecule has 1 amide bonds. The zero-order valence-corrected chi connectivity index (χ0v) is 19.0. The lowest BCUT2D eigenvalue weighted by atomic mass is 10.1. The lowest BCUT2D eigenvalue weighted by Crippen LogP contribution is -2.26. The average Bonchev–Trinajstić information content (AvgIpc) is 3.28. The lowest BCUT2D eigenvalue weighted by molar-refractivity contribution is 0.0945. The number of nitrogens with zero attached hydrogens (tertiary/aromatic N) is 4. The van der Waals surface area contributed by atoms with Gasteiger partial charge in [-0.2, -0.15) is 10.2 Å². The number of ether oxygens (including phenoxy) is 1. The van der Waals surface area contributed by atoms with E-state index in [2.05, 4.69) is 15.5 Å². The molecule has 2 aromatic heterocycles. The van der Waals surface area contributed by atoms with Crippen LogP contribution in [0.1, 0.15) is 39.4 Å². The number of hydrogen-bond acceptors (Lipinski definition) is 4. The van der Waals surface area contributed by atoms with Gasteiger partial charge in [0, 0.05) is 24.3 Å². The molecule has 1 aromatic carbocycles. The van der Waals surface area contributed by atoms with Crippen molar-refractivity contribution in [3.8, 4) is 5.75 Å². The number of nitrogens with one attached hydrogen (secondary N) is 1. The van der Waals surface area contributed by atoms with Gasteiger partial charge in [0.15, 0.2) is 6.73 Å². The summed E-state index contributed by atoms with van der Waals surface area (Å²) in [4.78, 5) is 12.3. The highest BCUT2D eigenvalue weighted by molar-refractivity contribution is 6.32. The van der Waals surface area contributed by atoms with E-state index in [1.165, 1.54) is 0 Å². The summed E-state index contributed by atoms with van der Waals surface area (Å²) in [5.74, 6) is 0.485. The van der Waals surface area contributed by atoms with Crippen LogP contribution in [0.2, 0.25) is 10.0 Å². The van der Waals surface area contributed by atoms with E-state index in [1.54, 1.807) is 16.9 Å². The van der Waals surface area contributed by atoms with Gasteiger partial charge in [-0.15, -0.1) is 0 Å². The van der Waals surface area contributed by atoms with Gasteiger partial charge in [0.05, 0.1) is 16.4 Å². The van der Waals surface area contributed by atoms with Gasteiger partial charge in [-0.25, -0.2) is 4.68 Å². The molecule has 0 saturated carbocycles. The summed E-state index contributed by atoms with van der Waals surface area (Å²) >= 11 is 12.3. The van der Waals surface area contributed by atoms with Gasteiger partial charge >= 0.3 is 0 Å². The number of carbonyl (C=O) groups excluding carboxylic acids is 1. The van der Waals surface area contributed by atoms with Crippen molar-refractivity contribution in [2.24, 2.45) is 0 Å². The second-order valence-electron chi connectivity index (χ2n) is 7.20. The van der Waals surface area contributed by atoms with Crippen LogP contribution in [0.15, 0.2) is 24.4 Å². The molecule has 0 aliphatic carbocycles. The van der Waals surface area contributed by atoms with Crippen LogP contribution >= 0.6 is 23.2 Å². The van der Waals surface area contributed by atoms with Gasteiger partial charge < -0.3 is 10.1 Å². The Hall–Kier alpha value is -2.51. The summed E-state index contributed by atoms with van der Waals surface area (Å²) in [5.41, 5.74) is 4.00. The van der Waals surface area contributed by atoms with Crippen molar-refractivity contribution in [3.05, 3.63) is 62.6 Å². The molecule has 9 heteroatoms. The van der Waals surface area contributed by atoms with Crippen LogP contribution in [0.4, 0.5) is 0 Å². The van der Waals surface area contributed by atoms with Gasteiger partial charge in [-0.1, -0.05) is 23.2 Å². The number of hydrogen-bond donors (Lipinski definition) is 1. The van der Waals surface area contributed by atoms with E-state index in [0.29, 0.717) is 29.6 Å². The van der Waals surface area contributed by atoms with Crippen LogP contribution in [0.25, 0.3) is 0 Å².